The standard InChI is InChI=1S/C18H23N3O/c1-19(13-22)10-11-21(3)17-12-18-16(8-9-20(18)2)14-6-4-5-7-15(14)17/h4-7,12-13H,8-11H2,1-3H3. The van der Waals surface area contributed by atoms with Crippen LogP contribution in [0.3, 0.4) is 0 Å². The van der Waals surface area contributed by atoms with E-state index in [-0.39, 0.29) is 0 Å². The largest absolute Gasteiger partial charge is 0.374 e. The average molecular weight is 297 g/mol. The molecule has 0 unspecified atom stereocenters. The van der Waals surface area contributed by atoms with Gasteiger partial charge in [-0.3, -0.25) is 4.79 Å². The van der Waals surface area contributed by atoms with Crippen molar-refractivity contribution in [3.63, 3.8) is 0 Å². The first-order chi connectivity index (χ1) is 10.6. The molecule has 1 amide bonds. The Bertz CT molecular complexity index is 698. The van der Waals surface area contributed by atoms with E-state index in [1.807, 2.05) is 7.05 Å². The highest BCUT2D eigenvalue weighted by Crippen LogP contribution is 2.39. The number of carbonyl (C=O) groups is 1. The molecule has 0 radical (unpaired) electrons. The zero-order valence-electron chi connectivity index (χ0n) is 13.5. The van der Waals surface area contributed by atoms with Crippen LogP contribution in [0, 0.1) is 0 Å². The van der Waals surface area contributed by atoms with Gasteiger partial charge >= 0.3 is 0 Å². The van der Waals surface area contributed by atoms with Crippen LogP contribution in [-0.2, 0) is 11.2 Å². The van der Waals surface area contributed by atoms with Crippen LogP contribution < -0.4 is 9.80 Å². The molecule has 4 heteroatoms. The third-order valence-electron chi connectivity index (χ3n) is 4.60. The average Bonchev–Trinajstić information content (AvgIpc) is 2.93. The molecule has 1 aliphatic heterocycles. The van der Waals surface area contributed by atoms with Crippen molar-refractivity contribution in [2.75, 3.05) is 50.6 Å². The van der Waals surface area contributed by atoms with Crippen molar-refractivity contribution in [1.29, 1.82) is 0 Å². The second-order valence-corrected chi connectivity index (χ2v) is 6.12. The minimum absolute atomic E-state index is 0.723. The molecule has 0 atom stereocenters. The highest BCUT2D eigenvalue weighted by molar-refractivity contribution is 6.01. The molecular formula is C18H23N3O. The van der Waals surface area contributed by atoms with Gasteiger partial charge in [-0.1, -0.05) is 24.3 Å². The Morgan fingerprint density at radius 2 is 1.91 bits per heavy atom. The van der Waals surface area contributed by atoms with E-state index < -0.39 is 0 Å². The van der Waals surface area contributed by atoms with Crippen LogP contribution in [0.5, 0.6) is 0 Å². The normalized spacial score (nSPS) is 13.3. The molecule has 0 aromatic heterocycles. The second-order valence-electron chi connectivity index (χ2n) is 6.12. The molecule has 1 aliphatic rings. The number of nitrogens with zero attached hydrogens (tertiary/aromatic N) is 3. The van der Waals surface area contributed by atoms with Crippen LogP contribution in [-0.4, -0.2) is 52.1 Å². The van der Waals surface area contributed by atoms with E-state index in [1.54, 1.807) is 4.90 Å². The molecule has 0 N–H and O–H groups in total. The number of rotatable bonds is 5. The predicted octanol–water partition coefficient (Wildman–Crippen LogP) is 2.36. The minimum Gasteiger partial charge on any atom is -0.374 e. The fourth-order valence-electron chi connectivity index (χ4n) is 3.20. The summed E-state index contributed by atoms with van der Waals surface area (Å²) >= 11 is 0. The number of fused-ring (bicyclic) bond motifs is 3. The maximum atomic E-state index is 10.8. The van der Waals surface area contributed by atoms with Gasteiger partial charge in [-0.05, 0) is 23.4 Å². The summed E-state index contributed by atoms with van der Waals surface area (Å²) < 4.78 is 0. The van der Waals surface area contributed by atoms with Crippen LogP contribution >= 0.6 is 0 Å². The summed E-state index contributed by atoms with van der Waals surface area (Å²) in [6.45, 7) is 2.63. The molecule has 0 aliphatic carbocycles. The number of anilines is 2. The Labute approximate surface area is 131 Å². The predicted molar refractivity (Wildman–Crippen MR) is 92.9 cm³/mol. The lowest BCUT2D eigenvalue weighted by molar-refractivity contribution is -0.116. The summed E-state index contributed by atoms with van der Waals surface area (Å²) in [5.74, 6) is 0. The zero-order chi connectivity index (χ0) is 15.7. The molecule has 2 aromatic carbocycles. The monoisotopic (exact) mass is 297 g/mol. The van der Waals surface area contributed by atoms with Gasteiger partial charge in [0.1, 0.15) is 0 Å². The Morgan fingerprint density at radius 1 is 1.18 bits per heavy atom. The van der Waals surface area contributed by atoms with E-state index >= 15 is 0 Å². The first-order valence-electron chi connectivity index (χ1n) is 7.74. The number of amides is 1. The fourth-order valence-corrected chi connectivity index (χ4v) is 3.20. The van der Waals surface area contributed by atoms with Crippen LogP contribution in [0.25, 0.3) is 10.8 Å². The van der Waals surface area contributed by atoms with Crippen LogP contribution in [0.15, 0.2) is 30.3 Å². The fraction of sp³-hybridized carbons (Fsp3) is 0.389. The van der Waals surface area contributed by atoms with Crippen LogP contribution in [0.1, 0.15) is 5.56 Å². The highest BCUT2D eigenvalue weighted by Gasteiger charge is 2.21. The molecule has 0 spiro atoms. The molecule has 0 saturated heterocycles. The Kier molecular flexibility index (Phi) is 3.92. The van der Waals surface area contributed by atoms with Crippen molar-refractivity contribution in [3.05, 3.63) is 35.9 Å². The highest BCUT2D eigenvalue weighted by atomic mass is 16.1. The lowest BCUT2D eigenvalue weighted by Crippen LogP contribution is -2.30. The smallest absolute Gasteiger partial charge is 0.209 e. The molecule has 0 bridgehead atoms. The molecular weight excluding hydrogens is 274 g/mol. The summed E-state index contributed by atoms with van der Waals surface area (Å²) in [4.78, 5) is 17.0. The number of benzene rings is 2. The molecule has 2 aromatic rings. The maximum Gasteiger partial charge on any atom is 0.209 e. The number of hydrogen-bond acceptors (Lipinski definition) is 3. The minimum atomic E-state index is 0.723. The molecule has 0 fully saturated rings. The Balaban J connectivity index is 2.02. The number of hydrogen-bond donors (Lipinski definition) is 0. The second kappa shape index (κ2) is 5.87. The molecule has 0 saturated carbocycles. The van der Waals surface area contributed by atoms with Crippen LogP contribution in [0.2, 0.25) is 0 Å². The maximum absolute atomic E-state index is 10.8. The summed E-state index contributed by atoms with van der Waals surface area (Å²) in [5, 5.41) is 2.66. The van der Waals surface area contributed by atoms with Gasteiger partial charge < -0.3 is 14.7 Å². The topological polar surface area (TPSA) is 26.8 Å². The third-order valence-corrected chi connectivity index (χ3v) is 4.60. The van der Waals surface area contributed by atoms with Crippen molar-refractivity contribution in [2.24, 2.45) is 0 Å². The summed E-state index contributed by atoms with van der Waals surface area (Å²) in [5.41, 5.74) is 4.03. The first kappa shape index (κ1) is 14.7. The van der Waals surface area contributed by atoms with E-state index in [2.05, 4.69) is 54.2 Å². The van der Waals surface area contributed by atoms with E-state index in [4.69, 9.17) is 0 Å². The number of carbonyl (C=O) groups excluding carboxylic acids is 1. The molecule has 4 nitrogen and oxygen atoms in total. The SMILES string of the molecule is CN(C=O)CCN(C)c1cc2c(c3ccccc13)CCN2C. The molecule has 1 heterocycles. The van der Waals surface area contributed by atoms with E-state index in [1.165, 1.54) is 27.7 Å². The summed E-state index contributed by atoms with van der Waals surface area (Å²) in [6.07, 6.45) is 1.99. The van der Waals surface area contributed by atoms with Crippen molar-refractivity contribution in [1.82, 2.24) is 4.90 Å². The van der Waals surface area contributed by atoms with Gasteiger partial charge in [-0.15, -0.1) is 0 Å². The Hall–Kier alpha value is -2.23. The van der Waals surface area contributed by atoms with Crippen molar-refractivity contribution >= 4 is 28.6 Å². The van der Waals surface area contributed by atoms with Gasteiger partial charge in [0.05, 0.1) is 0 Å². The summed E-state index contributed by atoms with van der Waals surface area (Å²) in [7, 11) is 6.07. The molecule has 116 valence electrons. The lowest BCUT2D eigenvalue weighted by Gasteiger charge is -2.25. The van der Waals surface area contributed by atoms with Gasteiger partial charge in [0.25, 0.3) is 0 Å². The quantitative estimate of drug-likeness (QED) is 0.793. The van der Waals surface area contributed by atoms with Crippen LogP contribution in [0.4, 0.5) is 11.4 Å². The van der Waals surface area contributed by atoms with Gasteiger partial charge in [0, 0.05) is 57.5 Å². The Morgan fingerprint density at radius 3 is 2.64 bits per heavy atom. The third kappa shape index (κ3) is 2.49. The van der Waals surface area contributed by atoms with Gasteiger partial charge in [0.15, 0.2) is 0 Å². The van der Waals surface area contributed by atoms with Crippen molar-refractivity contribution in [2.45, 2.75) is 6.42 Å². The molecule has 3 rings (SSSR count). The van der Waals surface area contributed by atoms with E-state index in [9.17, 15) is 4.79 Å². The van der Waals surface area contributed by atoms with Crippen molar-refractivity contribution in [3.8, 4) is 0 Å². The summed E-state index contributed by atoms with van der Waals surface area (Å²) in [6, 6.07) is 10.9. The number of likely N-dealkylation sites (N-methyl/N-ethyl adjacent to an activating group) is 3. The zero-order valence-corrected chi connectivity index (χ0v) is 13.5. The van der Waals surface area contributed by atoms with E-state index in [0.717, 1.165) is 32.5 Å². The van der Waals surface area contributed by atoms with Gasteiger partial charge in [0.2, 0.25) is 6.41 Å². The van der Waals surface area contributed by atoms with Crippen molar-refractivity contribution < 1.29 is 4.79 Å². The van der Waals surface area contributed by atoms with E-state index in [0.29, 0.717) is 0 Å². The van der Waals surface area contributed by atoms with Gasteiger partial charge in [-0.25, -0.2) is 0 Å². The lowest BCUT2D eigenvalue weighted by atomic mass is 10.00. The molecule has 22 heavy (non-hydrogen) atoms. The van der Waals surface area contributed by atoms with Gasteiger partial charge in [-0.2, -0.15) is 0 Å². The first-order valence-corrected chi connectivity index (χ1v) is 7.74.